The van der Waals surface area contributed by atoms with Gasteiger partial charge in [0.05, 0.1) is 28.8 Å². The molecule has 0 radical (unpaired) electrons. The second-order valence-corrected chi connectivity index (χ2v) is 10.5. The van der Waals surface area contributed by atoms with Gasteiger partial charge in [-0.15, -0.1) is 0 Å². The first kappa shape index (κ1) is 20.2. The Hall–Kier alpha value is -2.71. The van der Waals surface area contributed by atoms with E-state index in [4.69, 9.17) is 10.7 Å². The molecule has 0 unspecified atom stereocenters. The highest BCUT2D eigenvalue weighted by Gasteiger charge is 2.32. The Morgan fingerprint density at radius 3 is 2.68 bits per heavy atom. The molecule has 2 N–H and O–H groups in total. The van der Waals surface area contributed by atoms with Gasteiger partial charge in [0.2, 0.25) is 0 Å². The minimum Gasteiger partial charge on any atom is -0.366 e. The van der Waals surface area contributed by atoms with E-state index in [-0.39, 0.29) is 12.3 Å². The molecule has 0 bridgehead atoms. The van der Waals surface area contributed by atoms with E-state index < -0.39 is 22.1 Å². The first-order valence-electron chi connectivity index (χ1n) is 10.4. The molecule has 3 aromatic rings. The maximum absolute atomic E-state index is 14.2. The summed E-state index contributed by atoms with van der Waals surface area (Å²) >= 11 is 0. The zero-order valence-electron chi connectivity index (χ0n) is 17.3. The maximum atomic E-state index is 14.2. The number of fused-ring (bicyclic) bond motifs is 2. The molecule has 2 atom stereocenters. The van der Waals surface area contributed by atoms with Gasteiger partial charge >= 0.3 is 0 Å². The van der Waals surface area contributed by atoms with Crippen LogP contribution in [0.15, 0.2) is 53.4 Å². The molecule has 1 aromatic heterocycles. The van der Waals surface area contributed by atoms with Gasteiger partial charge in [0.25, 0.3) is 0 Å². The van der Waals surface area contributed by atoms with Crippen LogP contribution in [0.2, 0.25) is 0 Å². The molecule has 2 aliphatic rings. The third-order valence-electron chi connectivity index (χ3n) is 6.18. The SMILES string of the molecule is Cc1ccc2nc(N3CCS(=O)(=O)c4ccccc4C3)cc(N3C[C@H](N)[C@@H](F)C3)c2c1. The van der Waals surface area contributed by atoms with Crippen LogP contribution in [0.5, 0.6) is 0 Å². The number of aryl methyl sites for hydroxylation is 1. The van der Waals surface area contributed by atoms with E-state index in [1.165, 1.54) is 0 Å². The lowest BCUT2D eigenvalue weighted by Crippen LogP contribution is -2.30. The fourth-order valence-electron chi connectivity index (χ4n) is 4.48. The van der Waals surface area contributed by atoms with Crippen LogP contribution >= 0.6 is 0 Å². The Kier molecular flexibility index (Phi) is 4.86. The summed E-state index contributed by atoms with van der Waals surface area (Å²) < 4.78 is 39.7. The van der Waals surface area contributed by atoms with Crippen LogP contribution < -0.4 is 15.5 Å². The predicted molar refractivity (Wildman–Crippen MR) is 121 cm³/mol. The second kappa shape index (κ2) is 7.46. The minimum atomic E-state index is -3.35. The summed E-state index contributed by atoms with van der Waals surface area (Å²) in [6.45, 7) is 3.48. The Balaban J connectivity index is 1.62. The van der Waals surface area contributed by atoms with Gasteiger partial charge in [-0.3, -0.25) is 0 Å². The fraction of sp³-hybridized carbons (Fsp3) is 0.348. The zero-order chi connectivity index (χ0) is 21.8. The molecule has 162 valence electrons. The molecular formula is C23H25FN4O2S. The van der Waals surface area contributed by atoms with Crippen LogP contribution in [0, 0.1) is 6.92 Å². The Morgan fingerprint density at radius 2 is 1.90 bits per heavy atom. The topological polar surface area (TPSA) is 79.5 Å². The van der Waals surface area contributed by atoms with Gasteiger partial charge < -0.3 is 15.5 Å². The molecule has 6 nitrogen and oxygen atoms in total. The molecule has 0 aliphatic carbocycles. The van der Waals surface area contributed by atoms with E-state index in [9.17, 15) is 12.8 Å². The average molecular weight is 441 g/mol. The van der Waals surface area contributed by atoms with Crippen molar-refractivity contribution < 1.29 is 12.8 Å². The molecule has 0 amide bonds. The number of rotatable bonds is 2. The molecule has 2 aromatic carbocycles. The number of benzene rings is 2. The van der Waals surface area contributed by atoms with Crippen LogP contribution in [0.4, 0.5) is 15.9 Å². The third kappa shape index (κ3) is 3.64. The van der Waals surface area contributed by atoms with Crippen LogP contribution in [-0.2, 0) is 16.4 Å². The van der Waals surface area contributed by atoms with Gasteiger partial charge in [-0.2, -0.15) is 0 Å². The van der Waals surface area contributed by atoms with Gasteiger partial charge in [0.1, 0.15) is 12.0 Å². The Labute approximate surface area is 181 Å². The van der Waals surface area contributed by atoms with Crippen molar-refractivity contribution in [2.75, 3.05) is 35.2 Å². The van der Waals surface area contributed by atoms with Crippen molar-refractivity contribution in [3.8, 4) is 0 Å². The lowest BCUT2D eigenvalue weighted by atomic mass is 10.1. The van der Waals surface area contributed by atoms with Crippen molar-refractivity contribution in [1.82, 2.24) is 4.98 Å². The second-order valence-electron chi connectivity index (χ2n) is 8.45. The smallest absolute Gasteiger partial charge is 0.180 e. The van der Waals surface area contributed by atoms with E-state index in [1.807, 2.05) is 47.1 Å². The normalized spacial score (nSPS) is 23.1. The molecule has 0 saturated carbocycles. The third-order valence-corrected chi connectivity index (χ3v) is 7.97. The van der Waals surface area contributed by atoms with E-state index in [0.717, 1.165) is 27.7 Å². The quantitative estimate of drug-likeness (QED) is 0.660. The van der Waals surface area contributed by atoms with Crippen molar-refractivity contribution in [3.63, 3.8) is 0 Å². The van der Waals surface area contributed by atoms with Gasteiger partial charge in [0.15, 0.2) is 9.84 Å². The summed E-state index contributed by atoms with van der Waals surface area (Å²) in [5, 5.41) is 0.952. The summed E-state index contributed by atoms with van der Waals surface area (Å²) in [6.07, 6.45) is -1.08. The van der Waals surface area contributed by atoms with Gasteiger partial charge in [-0.05, 0) is 30.7 Å². The first-order valence-corrected chi connectivity index (χ1v) is 12.1. The Morgan fingerprint density at radius 1 is 1.10 bits per heavy atom. The minimum absolute atomic E-state index is 0.0219. The monoisotopic (exact) mass is 440 g/mol. The predicted octanol–water partition coefficient (Wildman–Crippen LogP) is 2.82. The fourth-order valence-corrected chi connectivity index (χ4v) is 5.97. The number of alkyl halides is 1. The number of pyridine rings is 1. The van der Waals surface area contributed by atoms with Crippen molar-refractivity contribution in [2.45, 2.75) is 30.6 Å². The molecule has 5 rings (SSSR count). The summed E-state index contributed by atoms with van der Waals surface area (Å²) in [4.78, 5) is 9.21. The maximum Gasteiger partial charge on any atom is 0.180 e. The van der Waals surface area contributed by atoms with Crippen molar-refractivity contribution in [1.29, 1.82) is 0 Å². The lowest BCUT2D eigenvalue weighted by Gasteiger charge is -2.26. The van der Waals surface area contributed by atoms with Crippen LogP contribution in [0.3, 0.4) is 0 Å². The molecule has 8 heteroatoms. The van der Waals surface area contributed by atoms with Gasteiger partial charge in [-0.25, -0.2) is 17.8 Å². The Bertz CT molecular complexity index is 1250. The highest BCUT2D eigenvalue weighted by molar-refractivity contribution is 7.91. The van der Waals surface area contributed by atoms with Gasteiger partial charge in [0, 0.05) is 36.8 Å². The van der Waals surface area contributed by atoms with Crippen LogP contribution in [0.25, 0.3) is 10.9 Å². The average Bonchev–Trinajstić information content (AvgIpc) is 3.01. The lowest BCUT2D eigenvalue weighted by molar-refractivity contribution is 0.333. The molecule has 31 heavy (non-hydrogen) atoms. The molecule has 1 saturated heterocycles. The van der Waals surface area contributed by atoms with Crippen molar-refractivity contribution >= 4 is 32.2 Å². The molecule has 3 heterocycles. The largest absolute Gasteiger partial charge is 0.366 e. The number of hydrogen-bond donors (Lipinski definition) is 1. The molecule has 1 fully saturated rings. The highest BCUT2D eigenvalue weighted by atomic mass is 32.2. The number of hydrogen-bond acceptors (Lipinski definition) is 6. The van der Waals surface area contributed by atoms with Gasteiger partial charge in [-0.1, -0.05) is 29.8 Å². The van der Waals surface area contributed by atoms with E-state index >= 15 is 0 Å². The summed E-state index contributed by atoms with van der Waals surface area (Å²) in [6, 6.07) is 14.6. The number of anilines is 2. The molecule has 2 aliphatic heterocycles. The van der Waals surface area contributed by atoms with E-state index in [0.29, 0.717) is 30.3 Å². The summed E-state index contributed by atoms with van der Waals surface area (Å²) in [5.74, 6) is 0.711. The number of halogens is 1. The van der Waals surface area contributed by atoms with E-state index in [2.05, 4.69) is 6.07 Å². The van der Waals surface area contributed by atoms with E-state index in [1.54, 1.807) is 12.1 Å². The number of nitrogens with two attached hydrogens (primary N) is 1. The molecular weight excluding hydrogens is 415 g/mol. The summed E-state index contributed by atoms with van der Waals surface area (Å²) in [5.41, 5.74) is 9.50. The summed E-state index contributed by atoms with van der Waals surface area (Å²) in [7, 11) is -3.35. The van der Waals surface area contributed by atoms with Crippen LogP contribution in [-0.4, -0.2) is 51.0 Å². The number of sulfone groups is 1. The number of aromatic nitrogens is 1. The van der Waals surface area contributed by atoms with Crippen LogP contribution in [0.1, 0.15) is 11.1 Å². The van der Waals surface area contributed by atoms with Crippen molar-refractivity contribution in [2.24, 2.45) is 5.73 Å². The van der Waals surface area contributed by atoms with Crippen molar-refractivity contribution in [3.05, 3.63) is 59.7 Å². The standard InChI is InChI=1S/C23H25FN4O2S/c1-15-6-7-20-17(10-15)21(28-13-18(24)19(25)14-28)11-23(26-20)27-8-9-31(29,30)22-5-3-2-4-16(22)12-27/h2-7,10-11,18-19H,8-9,12-14,25H2,1H3/t18-,19-/m0/s1. The number of nitrogens with zero attached hydrogens (tertiary/aromatic N) is 3. The molecule has 0 spiro atoms. The zero-order valence-corrected chi connectivity index (χ0v) is 18.1. The first-order chi connectivity index (χ1) is 14.8. The highest BCUT2D eigenvalue weighted by Crippen LogP contribution is 2.35.